The number of Topliss-reactive ketones (excluding diaryl/α,β-unsaturated/α-hetero) is 1. The number of carbonyl (C=O) groups excluding carboxylic acids is 1. The number of ketones is 1. The molecule has 0 N–H and O–H groups in total. The van der Waals surface area contributed by atoms with Crippen LogP contribution in [0.4, 0.5) is 13.2 Å². The van der Waals surface area contributed by atoms with Crippen molar-refractivity contribution in [3.8, 4) is 0 Å². The molecular formula is C11H9BrF3N3O2. The fourth-order valence-electron chi connectivity index (χ4n) is 1.83. The predicted octanol–water partition coefficient (Wildman–Crippen LogP) is 2.17. The Morgan fingerprint density at radius 1 is 1.45 bits per heavy atom. The number of hydrogen-bond donors (Lipinski definition) is 0. The van der Waals surface area contributed by atoms with E-state index in [1.54, 1.807) is 6.92 Å². The number of carbonyl (C=O) groups is 1. The summed E-state index contributed by atoms with van der Waals surface area (Å²) in [5, 5.41) is 0. The Morgan fingerprint density at radius 3 is 2.55 bits per heavy atom. The summed E-state index contributed by atoms with van der Waals surface area (Å²) < 4.78 is 40.1. The lowest BCUT2D eigenvalue weighted by Crippen LogP contribution is -2.23. The van der Waals surface area contributed by atoms with Crippen LogP contribution in [0.1, 0.15) is 18.3 Å². The fraction of sp³-hybridized carbons (Fsp3) is 0.364. The van der Waals surface area contributed by atoms with Crippen LogP contribution in [-0.4, -0.2) is 19.7 Å². The van der Waals surface area contributed by atoms with Crippen molar-refractivity contribution in [1.82, 2.24) is 14.0 Å². The van der Waals surface area contributed by atoms with Crippen LogP contribution in [-0.2, 0) is 17.5 Å². The maximum atomic E-state index is 12.8. The quantitative estimate of drug-likeness (QED) is 0.833. The minimum absolute atomic E-state index is 0.145. The smallest absolute Gasteiger partial charge is 0.307 e. The molecule has 2 heterocycles. The Balaban J connectivity index is 2.86. The third-order valence-electron chi connectivity index (χ3n) is 2.67. The first kappa shape index (κ1) is 14.8. The predicted molar refractivity (Wildman–Crippen MR) is 67.6 cm³/mol. The van der Waals surface area contributed by atoms with Crippen molar-refractivity contribution in [3.05, 3.63) is 32.4 Å². The molecule has 0 saturated carbocycles. The largest absolute Gasteiger partial charge is 0.434 e. The summed E-state index contributed by atoms with van der Waals surface area (Å²) in [6.07, 6.45) is -3.41. The van der Waals surface area contributed by atoms with Crippen LogP contribution in [0.15, 0.2) is 15.5 Å². The highest BCUT2D eigenvalue weighted by molar-refractivity contribution is 9.10. The normalized spacial score (nSPS) is 12.1. The second-order valence-electron chi connectivity index (χ2n) is 4.31. The zero-order valence-corrected chi connectivity index (χ0v) is 12.0. The molecule has 9 heteroatoms. The topological polar surface area (TPSA) is 56.4 Å². The molecule has 0 atom stereocenters. The molecule has 5 nitrogen and oxygen atoms in total. The molecule has 0 aromatic carbocycles. The van der Waals surface area contributed by atoms with Crippen LogP contribution in [0, 0.1) is 6.92 Å². The number of hydrogen-bond acceptors (Lipinski definition) is 3. The van der Waals surface area contributed by atoms with Crippen LogP contribution < -0.4 is 5.56 Å². The lowest BCUT2D eigenvalue weighted by Gasteiger charge is -2.09. The third-order valence-corrected chi connectivity index (χ3v) is 3.39. The standard InChI is InChI=1S/C11H9BrF3N3O2/c1-5-3-18-9(20)7(12)8(11(13,14)15)16-10(18)17(5)4-6(2)19/h3H,4H2,1-2H3. The number of imidazole rings is 1. The third kappa shape index (κ3) is 2.37. The van der Waals surface area contributed by atoms with Crippen LogP contribution in [0.5, 0.6) is 0 Å². The van der Waals surface area contributed by atoms with Crippen molar-refractivity contribution in [1.29, 1.82) is 0 Å². The Labute approximate surface area is 119 Å². The number of aromatic nitrogens is 3. The molecule has 2 aromatic rings. The molecule has 2 rings (SSSR count). The van der Waals surface area contributed by atoms with Gasteiger partial charge in [0, 0.05) is 11.9 Å². The SMILES string of the molecule is CC(=O)Cn1c(C)cn2c(=O)c(Br)c(C(F)(F)F)nc12. The van der Waals surface area contributed by atoms with Gasteiger partial charge in [-0.25, -0.2) is 4.98 Å². The number of fused-ring (bicyclic) bond motifs is 1. The van der Waals surface area contributed by atoms with Gasteiger partial charge in [-0.3, -0.25) is 14.0 Å². The summed E-state index contributed by atoms with van der Waals surface area (Å²) in [5.74, 6) is -0.463. The molecule has 0 bridgehead atoms. The van der Waals surface area contributed by atoms with E-state index < -0.39 is 21.9 Å². The molecule has 0 amide bonds. The maximum absolute atomic E-state index is 12.8. The summed E-state index contributed by atoms with van der Waals surface area (Å²) in [7, 11) is 0. The molecule has 108 valence electrons. The van der Waals surface area contributed by atoms with Gasteiger partial charge >= 0.3 is 6.18 Å². The number of aryl methyl sites for hydroxylation is 1. The van der Waals surface area contributed by atoms with E-state index >= 15 is 0 Å². The van der Waals surface area contributed by atoms with E-state index in [-0.39, 0.29) is 18.1 Å². The molecule has 0 spiro atoms. The van der Waals surface area contributed by atoms with Gasteiger partial charge in [-0.2, -0.15) is 13.2 Å². The van der Waals surface area contributed by atoms with Crippen molar-refractivity contribution < 1.29 is 18.0 Å². The summed E-state index contributed by atoms with van der Waals surface area (Å²) in [5.41, 5.74) is -1.70. The van der Waals surface area contributed by atoms with E-state index in [2.05, 4.69) is 20.9 Å². The van der Waals surface area contributed by atoms with Crippen LogP contribution in [0.2, 0.25) is 0 Å². The lowest BCUT2D eigenvalue weighted by atomic mass is 10.4. The molecule has 0 unspecified atom stereocenters. The van der Waals surface area contributed by atoms with Gasteiger partial charge in [0.25, 0.3) is 5.56 Å². The summed E-state index contributed by atoms with van der Waals surface area (Å²) in [6, 6.07) is 0. The van der Waals surface area contributed by atoms with Gasteiger partial charge in [0.2, 0.25) is 5.78 Å². The maximum Gasteiger partial charge on any atom is 0.434 e. The van der Waals surface area contributed by atoms with Crippen LogP contribution >= 0.6 is 15.9 Å². The van der Waals surface area contributed by atoms with Crippen molar-refractivity contribution in [2.24, 2.45) is 0 Å². The summed E-state index contributed by atoms with van der Waals surface area (Å²) in [6.45, 7) is 2.74. The average molecular weight is 352 g/mol. The molecule has 2 aromatic heterocycles. The Kier molecular flexibility index (Phi) is 3.49. The highest BCUT2D eigenvalue weighted by Crippen LogP contribution is 2.31. The average Bonchev–Trinajstić information content (AvgIpc) is 2.59. The molecule has 0 aliphatic carbocycles. The van der Waals surface area contributed by atoms with E-state index in [4.69, 9.17) is 0 Å². The molecule has 0 radical (unpaired) electrons. The molecule has 0 fully saturated rings. The number of alkyl halides is 3. The Hall–Kier alpha value is -1.64. The van der Waals surface area contributed by atoms with Crippen LogP contribution in [0.25, 0.3) is 5.78 Å². The molecule has 0 aliphatic heterocycles. The van der Waals surface area contributed by atoms with Gasteiger partial charge < -0.3 is 4.57 Å². The zero-order valence-electron chi connectivity index (χ0n) is 10.5. The van der Waals surface area contributed by atoms with E-state index in [9.17, 15) is 22.8 Å². The van der Waals surface area contributed by atoms with Crippen molar-refractivity contribution >= 4 is 27.5 Å². The minimum Gasteiger partial charge on any atom is -0.307 e. The summed E-state index contributed by atoms with van der Waals surface area (Å²) in [4.78, 5) is 26.6. The second-order valence-corrected chi connectivity index (χ2v) is 5.10. The van der Waals surface area contributed by atoms with Crippen molar-refractivity contribution in [3.63, 3.8) is 0 Å². The van der Waals surface area contributed by atoms with E-state index in [0.717, 1.165) is 4.40 Å². The Bertz CT molecular complexity index is 761. The summed E-state index contributed by atoms with van der Waals surface area (Å²) >= 11 is 2.63. The number of halogens is 4. The lowest BCUT2D eigenvalue weighted by molar-refractivity contribution is -0.141. The molecule has 0 saturated heterocycles. The first-order valence-electron chi connectivity index (χ1n) is 5.47. The first-order chi connectivity index (χ1) is 9.12. The number of nitrogens with zero attached hydrogens (tertiary/aromatic N) is 3. The monoisotopic (exact) mass is 351 g/mol. The minimum atomic E-state index is -4.76. The Morgan fingerprint density at radius 2 is 2.05 bits per heavy atom. The van der Waals surface area contributed by atoms with Gasteiger partial charge in [0.1, 0.15) is 10.3 Å². The van der Waals surface area contributed by atoms with E-state index in [1.807, 2.05) is 0 Å². The highest BCUT2D eigenvalue weighted by Gasteiger charge is 2.37. The fourth-order valence-corrected chi connectivity index (χ4v) is 2.33. The van der Waals surface area contributed by atoms with E-state index in [1.165, 1.54) is 17.7 Å². The van der Waals surface area contributed by atoms with Gasteiger partial charge in [-0.15, -0.1) is 0 Å². The van der Waals surface area contributed by atoms with E-state index in [0.29, 0.717) is 5.69 Å². The van der Waals surface area contributed by atoms with Crippen molar-refractivity contribution in [2.75, 3.05) is 0 Å². The first-order valence-corrected chi connectivity index (χ1v) is 6.27. The van der Waals surface area contributed by atoms with Crippen molar-refractivity contribution in [2.45, 2.75) is 26.6 Å². The van der Waals surface area contributed by atoms with Gasteiger partial charge in [-0.1, -0.05) is 0 Å². The van der Waals surface area contributed by atoms with Gasteiger partial charge in [0.05, 0.1) is 6.54 Å². The molecular weight excluding hydrogens is 343 g/mol. The molecule has 0 aliphatic rings. The molecule has 20 heavy (non-hydrogen) atoms. The highest BCUT2D eigenvalue weighted by atomic mass is 79.9. The number of rotatable bonds is 2. The van der Waals surface area contributed by atoms with Crippen LogP contribution in [0.3, 0.4) is 0 Å². The van der Waals surface area contributed by atoms with Gasteiger partial charge in [0.15, 0.2) is 5.69 Å². The second kappa shape index (κ2) is 4.72. The van der Waals surface area contributed by atoms with Gasteiger partial charge in [-0.05, 0) is 29.8 Å². The zero-order chi connectivity index (χ0) is 15.2.